The van der Waals surface area contributed by atoms with Gasteiger partial charge >= 0.3 is 0 Å². The van der Waals surface area contributed by atoms with E-state index in [4.69, 9.17) is 0 Å². The van der Waals surface area contributed by atoms with Crippen molar-refractivity contribution in [3.8, 4) is 0 Å². The molecule has 1 atom stereocenters. The zero-order valence-corrected chi connectivity index (χ0v) is 11.6. The number of hydrogen-bond acceptors (Lipinski definition) is 3. The number of nitrogens with zero attached hydrogens (tertiary/aromatic N) is 2. The molecule has 0 saturated carbocycles. The summed E-state index contributed by atoms with van der Waals surface area (Å²) in [4.78, 5) is 26.5. The van der Waals surface area contributed by atoms with Gasteiger partial charge in [-0.05, 0) is 13.1 Å². The molecule has 1 N–H and O–H groups in total. The number of likely N-dealkylation sites (N-methyl/N-ethyl adjacent to an activating group) is 2. The maximum atomic E-state index is 13.8. The number of carbonyl (C=O) groups excluding carboxylic acids is 2. The number of piperazine rings is 1. The Balaban J connectivity index is 2.13. The predicted molar refractivity (Wildman–Crippen MR) is 72.4 cm³/mol. The van der Waals surface area contributed by atoms with Gasteiger partial charge in [0.05, 0.1) is 19.1 Å². The summed E-state index contributed by atoms with van der Waals surface area (Å²) in [5.74, 6) is -0.545. The number of halogens is 1. The van der Waals surface area contributed by atoms with E-state index in [0.717, 1.165) is 0 Å². The SMILES string of the molecule is CNC(CN1CC(=O)N(C)CC1=O)c1ccccc1F. The van der Waals surface area contributed by atoms with E-state index in [1.165, 1.54) is 15.9 Å². The number of rotatable bonds is 4. The second-order valence-corrected chi connectivity index (χ2v) is 4.89. The van der Waals surface area contributed by atoms with E-state index in [-0.39, 0.29) is 43.3 Å². The molecule has 1 saturated heterocycles. The molecule has 2 rings (SSSR count). The number of carbonyl (C=O) groups is 2. The summed E-state index contributed by atoms with van der Waals surface area (Å²) in [6.07, 6.45) is 0. The smallest absolute Gasteiger partial charge is 0.242 e. The molecule has 1 heterocycles. The van der Waals surface area contributed by atoms with E-state index in [1.807, 2.05) is 0 Å². The molecule has 1 aromatic rings. The molecule has 20 heavy (non-hydrogen) atoms. The highest BCUT2D eigenvalue weighted by atomic mass is 19.1. The molecule has 0 bridgehead atoms. The summed E-state index contributed by atoms with van der Waals surface area (Å²) in [5, 5.41) is 2.99. The molecule has 0 aromatic heterocycles. The van der Waals surface area contributed by atoms with Crippen molar-refractivity contribution >= 4 is 11.8 Å². The highest BCUT2D eigenvalue weighted by Gasteiger charge is 2.29. The van der Waals surface area contributed by atoms with Crippen LogP contribution in [-0.4, -0.2) is 55.3 Å². The molecule has 0 radical (unpaired) electrons. The third-order valence-electron chi connectivity index (χ3n) is 3.51. The van der Waals surface area contributed by atoms with Crippen molar-refractivity contribution in [3.05, 3.63) is 35.6 Å². The fourth-order valence-electron chi connectivity index (χ4n) is 2.25. The molecule has 1 unspecified atom stereocenters. The van der Waals surface area contributed by atoms with E-state index in [9.17, 15) is 14.0 Å². The third-order valence-corrected chi connectivity index (χ3v) is 3.51. The first kappa shape index (κ1) is 14.5. The lowest BCUT2D eigenvalue weighted by molar-refractivity contribution is -0.149. The van der Waals surface area contributed by atoms with Crippen LogP contribution in [0, 0.1) is 5.82 Å². The van der Waals surface area contributed by atoms with Crippen LogP contribution < -0.4 is 5.32 Å². The largest absolute Gasteiger partial charge is 0.335 e. The van der Waals surface area contributed by atoms with Gasteiger partial charge in [0.25, 0.3) is 0 Å². The van der Waals surface area contributed by atoms with Crippen molar-refractivity contribution < 1.29 is 14.0 Å². The minimum Gasteiger partial charge on any atom is -0.335 e. The van der Waals surface area contributed by atoms with Gasteiger partial charge in [0.1, 0.15) is 5.82 Å². The summed E-state index contributed by atoms with van der Waals surface area (Å²) in [6.45, 7) is 0.393. The Bertz CT molecular complexity index is 521. The van der Waals surface area contributed by atoms with Gasteiger partial charge < -0.3 is 15.1 Å². The van der Waals surface area contributed by atoms with Gasteiger partial charge in [0, 0.05) is 19.2 Å². The molecule has 1 aromatic carbocycles. The molecule has 0 aliphatic carbocycles. The first-order valence-corrected chi connectivity index (χ1v) is 6.46. The maximum absolute atomic E-state index is 13.8. The molecule has 1 fully saturated rings. The molecule has 5 nitrogen and oxygen atoms in total. The molecular weight excluding hydrogens is 261 g/mol. The Labute approximate surface area is 117 Å². The van der Waals surface area contributed by atoms with Crippen molar-refractivity contribution in [2.24, 2.45) is 0 Å². The Morgan fingerprint density at radius 1 is 1.25 bits per heavy atom. The van der Waals surface area contributed by atoms with Gasteiger partial charge in [-0.15, -0.1) is 0 Å². The monoisotopic (exact) mass is 279 g/mol. The lowest BCUT2D eigenvalue weighted by Crippen LogP contribution is -2.53. The molecule has 6 heteroatoms. The van der Waals surface area contributed by atoms with Crippen LogP contribution in [0.15, 0.2) is 24.3 Å². The quantitative estimate of drug-likeness (QED) is 0.867. The van der Waals surface area contributed by atoms with Crippen molar-refractivity contribution in [1.29, 1.82) is 0 Å². The lowest BCUT2D eigenvalue weighted by atomic mass is 10.1. The first-order valence-electron chi connectivity index (χ1n) is 6.46. The van der Waals surface area contributed by atoms with E-state index in [1.54, 1.807) is 32.3 Å². The van der Waals surface area contributed by atoms with Crippen molar-refractivity contribution in [3.63, 3.8) is 0 Å². The van der Waals surface area contributed by atoms with Crippen molar-refractivity contribution in [2.45, 2.75) is 6.04 Å². The Kier molecular flexibility index (Phi) is 4.34. The van der Waals surface area contributed by atoms with Crippen LogP contribution >= 0.6 is 0 Å². The third kappa shape index (κ3) is 2.96. The second kappa shape index (κ2) is 6.00. The van der Waals surface area contributed by atoms with Gasteiger partial charge in [-0.1, -0.05) is 18.2 Å². The Morgan fingerprint density at radius 2 is 1.95 bits per heavy atom. The fraction of sp³-hybridized carbons (Fsp3) is 0.429. The van der Waals surface area contributed by atoms with Crippen LogP contribution in [0.3, 0.4) is 0 Å². The Morgan fingerprint density at radius 3 is 2.60 bits per heavy atom. The molecule has 1 aliphatic heterocycles. The molecular formula is C14H18FN3O2. The Hall–Kier alpha value is -1.95. The molecule has 108 valence electrons. The van der Waals surface area contributed by atoms with Crippen molar-refractivity contribution in [1.82, 2.24) is 15.1 Å². The first-order chi connectivity index (χ1) is 9.52. The second-order valence-electron chi connectivity index (χ2n) is 4.89. The van der Waals surface area contributed by atoms with Crippen LogP contribution in [0.25, 0.3) is 0 Å². The number of nitrogens with one attached hydrogen (secondary N) is 1. The molecule has 2 amide bonds. The number of benzene rings is 1. The summed E-state index contributed by atoms with van der Waals surface area (Å²) in [6, 6.07) is 6.10. The van der Waals surface area contributed by atoms with Crippen LogP contribution in [0.2, 0.25) is 0 Å². The summed E-state index contributed by atoms with van der Waals surface area (Å²) in [7, 11) is 3.31. The summed E-state index contributed by atoms with van der Waals surface area (Å²) in [5.41, 5.74) is 0.495. The summed E-state index contributed by atoms with van der Waals surface area (Å²) < 4.78 is 13.8. The fourth-order valence-corrected chi connectivity index (χ4v) is 2.25. The molecule has 1 aliphatic rings. The van der Waals surface area contributed by atoms with Gasteiger partial charge in [0.2, 0.25) is 11.8 Å². The average molecular weight is 279 g/mol. The normalized spacial score (nSPS) is 17.6. The minimum atomic E-state index is -0.337. The lowest BCUT2D eigenvalue weighted by Gasteiger charge is -2.34. The highest BCUT2D eigenvalue weighted by Crippen LogP contribution is 2.18. The van der Waals surface area contributed by atoms with Crippen LogP contribution in [-0.2, 0) is 9.59 Å². The van der Waals surface area contributed by atoms with Gasteiger partial charge in [-0.2, -0.15) is 0 Å². The van der Waals surface area contributed by atoms with Gasteiger partial charge in [-0.3, -0.25) is 9.59 Å². The average Bonchev–Trinajstić information content (AvgIpc) is 2.42. The van der Waals surface area contributed by atoms with Crippen molar-refractivity contribution in [2.75, 3.05) is 33.7 Å². The van der Waals surface area contributed by atoms with E-state index in [2.05, 4.69) is 5.32 Å². The van der Waals surface area contributed by atoms with E-state index < -0.39 is 0 Å². The van der Waals surface area contributed by atoms with Gasteiger partial charge in [-0.25, -0.2) is 4.39 Å². The zero-order valence-electron chi connectivity index (χ0n) is 11.6. The standard InChI is InChI=1S/C14H18FN3O2/c1-16-12(10-5-3-4-6-11(10)15)7-18-9-13(19)17(2)8-14(18)20/h3-6,12,16H,7-9H2,1-2H3. The van der Waals surface area contributed by atoms with Crippen LogP contribution in [0.1, 0.15) is 11.6 Å². The van der Waals surface area contributed by atoms with Crippen LogP contribution in [0.4, 0.5) is 4.39 Å². The van der Waals surface area contributed by atoms with Crippen LogP contribution in [0.5, 0.6) is 0 Å². The highest BCUT2D eigenvalue weighted by molar-refractivity contribution is 5.92. The van der Waals surface area contributed by atoms with E-state index in [0.29, 0.717) is 5.56 Å². The van der Waals surface area contributed by atoms with E-state index >= 15 is 0 Å². The number of hydrogen-bond donors (Lipinski definition) is 1. The number of amides is 2. The zero-order chi connectivity index (χ0) is 14.7. The molecule has 0 spiro atoms. The topological polar surface area (TPSA) is 52.7 Å². The van der Waals surface area contributed by atoms with Gasteiger partial charge in [0.15, 0.2) is 0 Å². The summed E-state index contributed by atoms with van der Waals surface area (Å²) >= 11 is 0. The minimum absolute atomic E-state index is 0.0436. The predicted octanol–water partition coefficient (Wildman–Crippen LogP) is 0.387. The maximum Gasteiger partial charge on any atom is 0.242 e.